The SMILES string of the molecule is O=C(NC1CCN(c2ccc(F)cn2)CC1)c1ccccn1. The zero-order valence-electron chi connectivity index (χ0n) is 12.1. The largest absolute Gasteiger partial charge is 0.356 e. The number of halogens is 1. The van der Waals surface area contributed by atoms with Gasteiger partial charge in [-0.1, -0.05) is 6.07 Å². The Kier molecular flexibility index (Phi) is 4.27. The molecule has 1 fully saturated rings. The van der Waals surface area contributed by atoms with Gasteiger partial charge in [0, 0.05) is 25.3 Å². The summed E-state index contributed by atoms with van der Waals surface area (Å²) in [7, 11) is 0. The molecule has 114 valence electrons. The summed E-state index contributed by atoms with van der Waals surface area (Å²) in [6, 6.07) is 8.51. The van der Waals surface area contributed by atoms with E-state index >= 15 is 0 Å². The second kappa shape index (κ2) is 6.51. The molecule has 22 heavy (non-hydrogen) atoms. The van der Waals surface area contributed by atoms with Gasteiger partial charge in [-0.3, -0.25) is 9.78 Å². The highest BCUT2D eigenvalue weighted by Crippen LogP contribution is 2.18. The van der Waals surface area contributed by atoms with Crippen LogP contribution in [-0.4, -0.2) is 35.0 Å². The Morgan fingerprint density at radius 1 is 1.18 bits per heavy atom. The fourth-order valence-corrected chi connectivity index (χ4v) is 2.56. The summed E-state index contributed by atoms with van der Waals surface area (Å²) in [6.45, 7) is 1.57. The summed E-state index contributed by atoms with van der Waals surface area (Å²) in [5.74, 6) is 0.302. The third-order valence-corrected chi connectivity index (χ3v) is 3.76. The van der Waals surface area contributed by atoms with E-state index in [4.69, 9.17) is 0 Å². The highest BCUT2D eigenvalue weighted by molar-refractivity contribution is 5.92. The van der Waals surface area contributed by atoms with E-state index in [1.807, 2.05) is 0 Å². The van der Waals surface area contributed by atoms with Crippen LogP contribution in [0.15, 0.2) is 42.7 Å². The first kappa shape index (κ1) is 14.4. The molecule has 0 unspecified atom stereocenters. The maximum absolute atomic E-state index is 12.9. The molecule has 2 aromatic heterocycles. The molecular formula is C16H17FN4O. The normalized spacial score (nSPS) is 15.6. The molecule has 0 bridgehead atoms. The molecule has 0 spiro atoms. The molecule has 5 nitrogen and oxygen atoms in total. The van der Waals surface area contributed by atoms with Gasteiger partial charge in [0.25, 0.3) is 5.91 Å². The molecule has 1 N–H and O–H groups in total. The van der Waals surface area contributed by atoms with Crippen molar-refractivity contribution < 1.29 is 9.18 Å². The van der Waals surface area contributed by atoms with E-state index in [1.165, 1.54) is 12.3 Å². The van der Waals surface area contributed by atoms with Gasteiger partial charge in [0.15, 0.2) is 0 Å². The Labute approximate surface area is 128 Å². The number of hydrogen-bond acceptors (Lipinski definition) is 4. The van der Waals surface area contributed by atoms with Crippen LogP contribution in [0.2, 0.25) is 0 Å². The van der Waals surface area contributed by atoms with E-state index in [0.717, 1.165) is 31.7 Å². The van der Waals surface area contributed by atoms with Crippen LogP contribution in [0.3, 0.4) is 0 Å². The maximum Gasteiger partial charge on any atom is 0.270 e. The van der Waals surface area contributed by atoms with Crippen LogP contribution >= 0.6 is 0 Å². The molecule has 0 radical (unpaired) electrons. The molecule has 0 saturated carbocycles. The third-order valence-electron chi connectivity index (χ3n) is 3.76. The second-order valence-corrected chi connectivity index (χ2v) is 5.28. The Morgan fingerprint density at radius 3 is 2.64 bits per heavy atom. The van der Waals surface area contributed by atoms with Crippen LogP contribution < -0.4 is 10.2 Å². The molecule has 1 amide bonds. The molecule has 3 heterocycles. The van der Waals surface area contributed by atoms with Crippen molar-refractivity contribution >= 4 is 11.7 Å². The molecule has 0 aromatic carbocycles. The number of amides is 1. The van der Waals surface area contributed by atoms with Gasteiger partial charge in [0.05, 0.1) is 6.20 Å². The number of hydrogen-bond donors (Lipinski definition) is 1. The minimum atomic E-state index is -0.332. The van der Waals surface area contributed by atoms with E-state index in [2.05, 4.69) is 20.2 Å². The Hall–Kier alpha value is -2.50. The number of aromatic nitrogens is 2. The predicted molar refractivity (Wildman–Crippen MR) is 81.1 cm³/mol. The first-order valence-corrected chi connectivity index (χ1v) is 7.31. The van der Waals surface area contributed by atoms with Crippen molar-refractivity contribution in [1.29, 1.82) is 0 Å². The van der Waals surface area contributed by atoms with Gasteiger partial charge >= 0.3 is 0 Å². The van der Waals surface area contributed by atoms with Gasteiger partial charge in [-0.2, -0.15) is 0 Å². The Morgan fingerprint density at radius 2 is 2.00 bits per heavy atom. The average Bonchev–Trinajstić information content (AvgIpc) is 2.57. The lowest BCUT2D eigenvalue weighted by molar-refractivity contribution is 0.0926. The fourth-order valence-electron chi connectivity index (χ4n) is 2.56. The minimum Gasteiger partial charge on any atom is -0.356 e. The summed E-state index contributed by atoms with van der Waals surface area (Å²) >= 11 is 0. The summed E-state index contributed by atoms with van der Waals surface area (Å²) < 4.78 is 12.9. The quantitative estimate of drug-likeness (QED) is 0.942. The van der Waals surface area contributed by atoms with Crippen LogP contribution in [0, 0.1) is 5.82 Å². The smallest absolute Gasteiger partial charge is 0.270 e. The Bertz CT molecular complexity index is 624. The van der Waals surface area contributed by atoms with Crippen molar-refractivity contribution in [2.45, 2.75) is 18.9 Å². The van der Waals surface area contributed by atoms with Crippen molar-refractivity contribution in [3.8, 4) is 0 Å². The van der Waals surface area contributed by atoms with Gasteiger partial charge in [-0.15, -0.1) is 0 Å². The first-order chi connectivity index (χ1) is 10.7. The van der Waals surface area contributed by atoms with Crippen LogP contribution in [0.5, 0.6) is 0 Å². The van der Waals surface area contributed by atoms with Crippen LogP contribution in [0.1, 0.15) is 23.3 Å². The third kappa shape index (κ3) is 3.39. The zero-order chi connectivity index (χ0) is 15.4. The minimum absolute atomic E-state index is 0.131. The lowest BCUT2D eigenvalue weighted by atomic mass is 10.0. The van der Waals surface area contributed by atoms with E-state index in [0.29, 0.717) is 5.69 Å². The summed E-state index contributed by atoms with van der Waals surface area (Å²) in [4.78, 5) is 22.3. The topological polar surface area (TPSA) is 58.1 Å². The number of carbonyl (C=O) groups is 1. The van der Waals surface area contributed by atoms with Crippen molar-refractivity contribution in [2.75, 3.05) is 18.0 Å². The molecular weight excluding hydrogens is 283 g/mol. The molecule has 0 aliphatic carbocycles. The van der Waals surface area contributed by atoms with Gasteiger partial charge in [-0.25, -0.2) is 9.37 Å². The molecule has 1 aliphatic rings. The molecule has 1 saturated heterocycles. The molecule has 3 rings (SSSR count). The number of nitrogens with zero attached hydrogens (tertiary/aromatic N) is 3. The monoisotopic (exact) mass is 300 g/mol. The van der Waals surface area contributed by atoms with Crippen molar-refractivity contribution in [3.05, 3.63) is 54.2 Å². The molecule has 0 atom stereocenters. The standard InChI is InChI=1S/C16H17FN4O/c17-12-4-5-15(19-11-12)21-9-6-13(7-10-21)20-16(22)14-3-1-2-8-18-14/h1-5,8,11,13H,6-7,9-10H2,(H,20,22). The van der Waals surface area contributed by atoms with Gasteiger partial charge in [0.1, 0.15) is 17.3 Å². The lowest BCUT2D eigenvalue weighted by Gasteiger charge is -2.33. The number of piperidine rings is 1. The highest BCUT2D eigenvalue weighted by atomic mass is 19.1. The van der Waals surface area contributed by atoms with E-state index in [-0.39, 0.29) is 17.8 Å². The highest BCUT2D eigenvalue weighted by Gasteiger charge is 2.22. The van der Waals surface area contributed by atoms with Crippen molar-refractivity contribution in [3.63, 3.8) is 0 Å². The van der Waals surface area contributed by atoms with Gasteiger partial charge in [0.2, 0.25) is 0 Å². The molecule has 6 heteroatoms. The number of anilines is 1. The summed E-state index contributed by atoms with van der Waals surface area (Å²) in [6.07, 6.45) is 4.50. The zero-order valence-corrected chi connectivity index (χ0v) is 12.1. The number of rotatable bonds is 3. The Balaban J connectivity index is 1.53. The van der Waals surface area contributed by atoms with Crippen LogP contribution in [0.25, 0.3) is 0 Å². The summed E-state index contributed by atoms with van der Waals surface area (Å²) in [5.41, 5.74) is 0.435. The maximum atomic E-state index is 12.9. The first-order valence-electron chi connectivity index (χ1n) is 7.31. The van der Waals surface area contributed by atoms with Crippen LogP contribution in [0.4, 0.5) is 10.2 Å². The fraction of sp³-hybridized carbons (Fsp3) is 0.312. The number of carbonyl (C=O) groups excluding carboxylic acids is 1. The van der Waals surface area contributed by atoms with Crippen LogP contribution in [-0.2, 0) is 0 Å². The second-order valence-electron chi connectivity index (χ2n) is 5.28. The van der Waals surface area contributed by atoms with Gasteiger partial charge < -0.3 is 10.2 Å². The van der Waals surface area contributed by atoms with Crippen molar-refractivity contribution in [2.24, 2.45) is 0 Å². The molecule has 2 aromatic rings. The number of nitrogens with one attached hydrogen (secondary N) is 1. The summed E-state index contributed by atoms with van der Waals surface area (Å²) in [5, 5.41) is 3.01. The van der Waals surface area contributed by atoms with E-state index < -0.39 is 0 Å². The molecule has 1 aliphatic heterocycles. The van der Waals surface area contributed by atoms with E-state index in [1.54, 1.807) is 30.5 Å². The van der Waals surface area contributed by atoms with Crippen molar-refractivity contribution in [1.82, 2.24) is 15.3 Å². The van der Waals surface area contributed by atoms with Gasteiger partial charge in [-0.05, 0) is 37.1 Å². The predicted octanol–water partition coefficient (Wildman–Crippen LogP) is 2.01. The number of pyridine rings is 2. The average molecular weight is 300 g/mol. The lowest BCUT2D eigenvalue weighted by Crippen LogP contribution is -2.45. The van der Waals surface area contributed by atoms with E-state index in [9.17, 15) is 9.18 Å².